The van der Waals surface area contributed by atoms with Gasteiger partial charge in [0.1, 0.15) is 12.6 Å². The van der Waals surface area contributed by atoms with Gasteiger partial charge in [0, 0.05) is 12.8 Å². The Balaban J connectivity index is 2.52. The third kappa shape index (κ3) is 12.8. The van der Waals surface area contributed by atoms with Crippen molar-refractivity contribution in [2.45, 2.75) is 52.0 Å². The molecule has 11 heteroatoms. The molecule has 1 aromatic rings. The number of hydrogen-bond acceptors (Lipinski definition) is 9. The van der Waals surface area contributed by atoms with Crippen molar-refractivity contribution >= 4 is 23.9 Å². The summed E-state index contributed by atoms with van der Waals surface area (Å²) in [5.41, 5.74) is 0.708. The highest BCUT2D eigenvalue weighted by atomic mass is 16.9. The maximum atomic E-state index is 12.4. The molecule has 0 bridgehead atoms. The van der Waals surface area contributed by atoms with E-state index < -0.39 is 23.1 Å². The van der Waals surface area contributed by atoms with Crippen LogP contribution in [0, 0.1) is 10.1 Å². The van der Waals surface area contributed by atoms with Gasteiger partial charge in [0.15, 0.2) is 11.5 Å². The molecule has 0 saturated heterocycles. The van der Waals surface area contributed by atoms with Gasteiger partial charge in [-0.05, 0) is 56.9 Å². The Kier molecular flexibility index (Phi) is 13.9. The molecule has 0 spiro atoms. The Labute approximate surface area is 204 Å². The van der Waals surface area contributed by atoms with E-state index in [2.05, 4.69) is 10.2 Å². The molecular weight excluding hydrogens is 460 g/mol. The number of ether oxygens (including phenoxy) is 3. The minimum absolute atomic E-state index is 0.00461. The zero-order chi connectivity index (χ0) is 26.1. The molecule has 0 heterocycles. The number of carbonyl (C=O) groups is 3. The molecular formula is C24H32N2O9. The molecule has 0 aliphatic carbocycles. The van der Waals surface area contributed by atoms with Crippen LogP contribution < -0.4 is 14.8 Å². The number of allylic oxidation sites excluding steroid dienone is 2. The zero-order valence-corrected chi connectivity index (χ0v) is 20.2. The number of esters is 2. The summed E-state index contributed by atoms with van der Waals surface area (Å²) in [6, 6.07) is 4.06. The van der Waals surface area contributed by atoms with E-state index in [-0.39, 0.29) is 37.7 Å². The third-order valence-electron chi connectivity index (χ3n) is 4.51. The quantitative estimate of drug-likeness (QED) is 0.0917. The lowest BCUT2D eigenvalue weighted by Crippen LogP contribution is -2.40. The number of carbonyl (C=O) groups excluding carboxylic acids is 3. The number of amides is 1. The highest BCUT2D eigenvalue weighted by Gasteiger charge is 2.19. The van der Waals surface area contributed by atoms with Gasteiger partial charge in [-0.25, -0.2) is 4.79 Å². The lowest BCUT2D eigenvalue weighted by Gasteiger charge is -2.15. The van der Waals surface area contributed by atoms with Gasteiger partial charge in [-0.3, -0.25) is 9.59 Å². The summed E-state index contributed by atoms with van der Waals surface area (Å²) in [6.45, 7) is 3.31. The van der Waals surface area contributed by atoms with Crippen LogP contribution >= 0.6 is 0 Å². The van der Waals surface area contributed by atoms with Gasteiger partial charge in [-0.1, -0.05) is 24.3 Å². The molecule has 0 radical (unpaired) electrons. The molecule has 1 rings (SSSR count). The highest BCUT2D eigenvalue weighted by Crippen LogP contribution is 2.29. The first kappa shape index (κ1) is 29.1. The molecule has 1 aromatic carbocycles. The van der Waals surface area contributed by atoms with E-state index in [1.165, 1.54) is 7.11 Å². The van der Waals surface area contributed by atoms with Gasteiger partial charge in [0.05, 0.1) is 13.7 Å². The summed E-state index contributed by atoms with van der Waals surface area (Å²) in [7, 11) is 1.43. The molecule has 0 fully saturated rings. The minimum Gasteiger partial charge on any atom is -0.493 e. The fourth-order valence-electron chi connectivity index (χ4n) is 2.74. The van der Waals surface area contributed by atoms with Crippen LogP contribution in [0.2, 0.25) is 0 Å². The van der Waals surface area contributed by atoms with Gasteiger partial charge in [-0.2, -0.15) is 0 Å². The van der Waals surface area contributed by atoms with Crippen LogP contribution in [0.15, 0.2) is 36.4 Å². The molecule has 1 N–H and O–H groups in total. The number of hydrogen-bond donors (Lipinski definition) is 1. The summed E-state index contributed by atoms with van der Waals surface area (Å²) in [5.74, 6) is -0.832. The van der Waals surface area contributed by atoms with E-state index in [4.69, 9.17) is 14.2 Å². The molecule has 0 aromatic heterocycles. The lowest BCUT2D eigenvalue weighted by atomic mass is 10.2. The second-order valence-electron chi connectivity index (χ2n) is 7.33. The standard InChI is InChI=1S/C24H32N2O9/c1-4-5-6-7-11-22(27)25-18(2)24(29)35-20-14-13-19(17-21(20)32-3)10-8-15-33-23(28)12-9-16-34-26(30)31/h4-5,8,10,13-14,17-18H,6-7,9,11-12,15-16H2,1-3H3,(H,25,27)/b5-4-,10-8+. The van der Waals surface area contributed by atoms with Gasteiger partial charge in [0.2, 0.25) is 5.91 Å². The second kappa shape index (κ2) is 16.7. The van der Waals surface area contributed by atoms with Crippen molar-refractivity contribution in [2.24, 2.45) is 0 Å². The smallest absolute Gasteiger partial charge is 0.333 e. The average molecular weight is 493 g/mol. The summed E-state index contributed by atoms with van der Waals surface area (Å²) in [5, 5.41) is 11.7. The van der Waals surface area contributed by atoms with Crippen molar-refractivity contribution < 1.29 is 38.5 Å². The number of benzene rings is 1. The van der Waals surface area contributed by atoms with E-state index in [0.717, 1.165) is 6.42 Å². The van der Waals surface area contributed by atoms with Gasteiger partial charge in [0.25, 0.3) is 5.09 Å². The number of nitrogens with one attached hydrogen (secondary N) is 1. The molecule has 35 heavy (non-hydrogen) atoms. The fraction of sp³-hybridized carbons (Fsp3) is 0.458. The fourth-order valence-corrected chi connectivity index (χ4v) is 2.74. The highest BCUT2D eigenvalue weighted by molar-refractivity contribution is 5.85. The van der Waals surface area contributed by atoms with Crippen LogP contribution in [-0.2, 0) is 24.0 Å². The topological polar surface area (TPSA) is 143 Å². The molecule has 0 aliphatic heterocycles. The third-order valence-corrected chi connectivity index (χ3v) is 4.51. The molecule has 1 atom stereocenters. The van der Waals surface area contributed by atoms with Crippen molar-refractivity contribution in [2.75, 3.05) is 20.3 Å². The van der Waals surface area contributed by atoms with Crippen LogP contribution in [0.1, 0.15) is 51.5 Å². The number of rotatable bonds is 16. The zero-order valence-electron chi connectivity index (χ0n) is 20.2. The van der Waals surface area contributed by atoms with Crippen molar-refractivity contribution in [1.82, 2.24) is 5.32 Å². The first-order valence-electron chi connectivity index (χ1n) is 11.2. The van der Waals surface area contributed by atoms with E-state index in [0.29, 0.717) is 24.2 Å². The first-order valence-corrected chi connectivity index (χ1v) is 11.2. The maximum Gasteiger partial charge on any atom is 0.333 e. The summed E-state index contributed by atoms with van der Waals surface area (Å²) >= 11 is 0. The van der Waals surface area contributed by atoms with E-state index in [1.54, 1.807) is 37.3 Å². The number of nitrogens with zero attached hydrogens (tertiary/aromatic N) is 1. The van der Waals surface area contributed by atoms with Crippen molar-refractivity contribution in [1.29, 1.82) is 0 Å². The predicted molar refractivity (Wildman–Crippen MR) is 127 cm³/mol. The molecule has 0 saturated carbocycles. The summed E-state index contributed by atoms with van der Waals surface area (Å²) < 4.78 is 15.7. The summed E-state index contributed by atoms with van der Waals surface area (Å²) in [6.07, 6.45) is 9.19. The van der Waals surface area contributed by atoms with Crippen LogP contribution in [0.4, 0.5) is 0 Å². The minimum atomic E-state index is -0.915. The van der Waals surface area contributed by atoms with Crippen LogP contribution in [0.25, 0.3) is 6.08 Å². The van der Waals surface area contributed by atoms with E-state index >= 15 is 0 Å². The Bertz CT molecular complexity index is 912. The summed E-state index contributed by atoms with van der Waals surface area (Å²) in [4.78, 5) is 50.1. The van der Waals surface area contributed by atoms with Crippen molar-refractivity contribution in [3.63, 3.8) is 0 Å². The molecule has 1 amide bonds. The Morgan fingerprint density at radius 3 is 2.60 bits per heavy atom. The molecule has 192 valence electrons. The van der Waals surface area contributed by atoms with Crippen LogP contribution in [0.5, 0.6) is 11.5 Å². The largest absolute Gasteiger partial charge is 0.493 e. The SMILES string of the molecule is C/C=C\CCCC(=O)NC(C)C(=O)Oc1ccc(/C=C/COC(=O)CCCO[N+](=O)[O-])cc1OC. The molecule has 11 nitrogen and oxygen atoms in total. The van der Waals surface area contributed by atoms with Crippen LogP contribution in [-0.4, -0.2) is 49.3 Å². The first-order chi connectivity index (χ1) is 16.8. The van der Waals surface area contributed by atoms with E-state index in [9.17, 15) is 24.5 Å². The van der Waals surface area contributed by atoms with Gasteiger partial charge < -0.3 is 24.4 Å². The van der Waals surface area contributed by atoms with Crippen molar-refractivity contribution in [3.8, 4) is 11.5 Å². The lowest BCUT2D eigenvalue weighted by molar-refractivity contribution is -0.757. The number of unbranched alkanes of at least 4 members (excludes halogenated alkanes) is 1. The predicted octanol–water partition coefficient (Wildman–Crippen LogP) is 3.40. The Hall–Kier alpha value is -3.89. The van der Waals surface area contributed by atoms with Gasteiger partial charge in [-0.15, -0.1) is 10.1 Å². The van der Waals surface area contributed by atoms with Crippen molar-refractivity contribution in [3.05, 3.63) is 52.1 Å². The monoisotopic (exact) mass is 492 g/mol. The Morgan fingerprint density at radius 1 is 1.14 bits per heavy atom. The normalized spacial score (nSPS) is 11.7. The Morgan fingerprint density at radius 2 is 1.91 bits per heavy atom. The molecule has 0 aliphatic rings. The maximum absolute atomic E-state index is 12.4. The number of methoxy groups -OCH3 is 1. The van der Waals surface area contributed by atoms with E-state index in [1.807, 2.05) is 19.1 Å². The second-order valence-corrected chi connectivity index (χ2v) is 7.33. The van der Waals surface area contributed by atoms with Gasteiger partial charge >= 0.3 is 11.9 Å². The molecule has 1 unspecified atom stereocenters. The van der Waals surface area contributed by atoms with Crippen LogP contribution in [0.3, 0.4) is 0 Å². The average Bonchev–Trinajstić information content (AvgIpc) is 2.82.